The number of ether oxygens (including phenoxy) is 1. The molecule has 1 heterocycles. The number of nitrogens with zero attached hydrogens (tertiary/aromatic N) is 1. The second kappa shape index (κ2) is 8.67. The van der Waals surface area contributed by atoms with E-state index in [1.54, 1.807) is 43.5 Å². The third-order valence-corrected chi connectivity index (χ3v) is 3.23. The van der Waals surface area contributed by atoms with Gasteiger partial charge in [-0.25, -0.2) is 9.78 Å². The van der Waals surface area contributed by atoms with E-state index >= 15 is 0 Å². The minimum atomic E-state index is -0.385. The van der Waals surface area contributed by atoms with Crippen molar-refractivity contribution in [2.45, 2.75) is 20.3 Å². The number of rotatable bonds is 7. The van der Waals surface area contributed by atoms with E-state index in [0.717, 1.165) is 6.42 Å². The third-order valence-electron chi connectivity index (χ3n) is 3.23. The number of hydrogen-bond acceptors (Lipinski definition) is 5. The number of amides is 1. The molecule has 1 aromatic heterocycles. The summed E-state index contributed by atoms with van der Waals surface area (Å²) < 4.78 is 5.05. The summed E-state index contributed by atoms with van der Waals surface area (Å²) in [6.07, 6.45) is 2.43. The fraction of sp³-hybridized carbons (Fsp3) is 0.278. The molecule has 0 bridgehead atoms. The number of benzene rings is 1. The zero-order chi connectivity index (χ0) is 17.4. The number of nitrogens with one attached hydrogen (secondary N) is 2. The van der Waals surface area contributed by atoms with Crippen molar-refractivity contribution in [1.82, 2.24) is 10.3 Å². The Labute approximate surface area is 141 Å². The van der Waals surface area contributed by atoms with Crippen LogP contribution in [0.4, 0.5) is 11.4 Å². The minimum absolute atomic E-state index is 0.199. The molecule has 0 aliphatic rings. The van der Waals surface area contributed by atoms with Crippen molar-refractivity contribution in [2.24, 2.45) is 0 Å². The van der Waals surface area contributed by atoms with Crippen LogP contribution in [0.3, 0.4) is 0 Å². The Balaban J connectivity index is 2.12. The Hall–Kier alpha value is -2.89. The van der Waals surface area contributed by atoms with Crippen molar-refractivity contribution in [3.8, 4) is 0 Å². The zero-order valence-corrected chi connectivity index (χ0v) is 13.8. The number of para-hydroxylation sites is 1. The molecular formula is C18H21N3O3. The van der Waals surface area contributed by atoms with Gasteiger partial charge in [0, 0.05) is 6.54 Å². The lowest BCUT2D eigenvalue weighted by atomic mass is 10.1. The van der Waals surface area contributed by atoms with Crippen LogP contribution in [0.25, 0.3) is 0 Å². The Morgan fingerprint density at radius 3 is 2.58 bits per heavy atom. The first kappa shape index (κ1) is 17.5. The van der Waals surface area contributed by atoms with Crippen molar-refractivity contribution in [1.29, 1.82) is 0 Å². The van der Waals surface area contributed by atoms with Crippen LogP contribution < -0.4 is 10.6 Å². The summed E-state index contributed by atoms with van der Waals surface area (Å²) in [4.78, 5) is 27.9. The van der Waals surface area contributed by atoms with Crippen LogP contribution in [-0.4, -0.2) is 30.0 Å². The van der Waals surface area contributed by atoms with Crippen LogP contribution in [0.15, 0.2) is 42.6 Å². The van der Waals surface area contributed by atoms with Crippen LogP contribution in [-0.2, 0) is 4.74 Å². The van der Waals surface area contributed by atoms with Crippen molar-refractivity contribution in [2.75, 3.05) is 18.5 Å². The van der Waals surface area contributed by atoms with Crippen molar-refractivity contribution >= 4 is 23.3 Å². The molecule has 0 atom stereocenters. The highest BCUT2D eigenvalue weighted by Gasteiger charge is 2.12. The molecule has 1 aromatic carbocycles. The lowest BCUT2D eigenvalue weighted by Crippen LogP contribution is -2.24. The number of anilines is 2. The molecule has 6 nitrogen and oxygen atoms in total. The Bertz CT molecular complexity index is 699. The first-order chi connectivity index (χ1) is 11.7. The fourth-order valence-electron chi connectivity index (χ4n) is 2.07. The van der Waals surface area contributed by atoms with E-state index in [4.69, 9.17) is 4.74 Å². The second-order valence-electron chi connectivity index (χ2n) is 5.08. The summed E-state index contributed by atoms with van der Waals surface area (Å²) in [6.45, 7) is 4.69. The van der Waals surface area contributed by atoms with Crippen LogP contribution in [0.5, 0.6) is 0 Å². The average Bonchev–Trinajstić information content (AvgIpc) is 2.61. The van der Waals surface area contributed by atoms with Gasteiger partial charge >= 0.3 is 5.97 Å². The summed E-state index contributed by atoms with van der Waals surface area (Å²) in [5.74, 6) is -0.584. The smallest absolute Gasteiger partial charge is 0.340 e. The zero-order valence-electron chi connectivity index (χ0n) is 13.8. The second-order valence-corrected chi connectivity index (χ2v) is 5.08. The highest BCUT2D eigenvalue weighted by molar-refractivity contribution is 5.96. The number of aromatic nitrogens is 1. The van der Waals surface area contributed by atoms with Crippen LogP contribution in [0.1, 0.15) is 41.1 Å². The summed E-state index contributed by atoms with van der Waals surface area (Å²) >= 11 is 0. The number of hydrogen-bond donors (Lipinski definition) is 2. The molecule has 126 valence electrons. The first-order valence-electron chi connectivity index (χ1n) is 7.93. The topological polar surface area (TPSA) is 80.3 Å². The Morgan fingerprint density at radius 1 is 1.12 bits per heavy atom. The van der Waals surface area contributed by atoms with Crippen LogP contribution >= 0.6 is 0 Å². The van der Waals surface area contributed by atoms with E-state index in [1.807, 2.05) is 13.0 Å². The van der Waals surface area contributed by atoms with Crippen molar-refractivity contribution in [3.05, 3.63) is 53.9 Å². The van der Waals surface area contributed by atoms with Gasteiger partial charge in [0.05, 0.1) is 29.7 Å². The van der Waals surface area contributed by atoms with E-state index in [9.17, 15) is 9.59 Å². The molecule has 6 heteroatoms. The molecule has 0 spiro atoms. The quantitative estimate of drug-likeness (QED) is 0.764. The van der Waals surface area contributed by atoms with Crippen LogP contribution in [0, 0.1) is 0 Å². The SMILES string of the molecule is CCCNC(=O)c1ccc(Nc2ccccc2C(=O)OCC)cn1. The summed E-state index contributed by atoms with van der Waals surface area (Å²) in [6, 6.07) is 10.5. The van der Waals surface area contributed by atoms with E-state index in [2.05, 4.69) is 15.6 Å². The molecule has 2 N–H and O–H groups in total. The maximum Gasteiger partial charge on any atom is 0.340 e. The van der Waals surface area contributed by atoms with Gasteiger partial charge in [0.1, 0.15) is 5.69 Å². The fourth-order valence-corrected chi connectivity index (χ4v) is 2.07. The summed E-state index contributed by atoms with van der Waals surface area (Å²) in [5.41, 5.74) is 2.11. The first-order valence-corrected chi connectivity index (χ1v) is 7.93. The highest BCUT2D eigenvalue weighted by atomic mass is 16.5. The normalized spacial score (nSPS) is 10.1. The standard InChI is InChI=1S/C18H21N3O3/c1-3-11-19-17(22)16-10-9-13(12-20-16)21-15-8-6-5-7-14(15)18(23)24-4-2/h5-10,12,21H,3-4,11H2,1-2H3,(H,19,22). The molecule has 0 aliphatic heterocycles. The maximum absolute atomic E-state index is 12.0. The van der Waals surface area contributed by atoms with Gasteiger partial charge in [0.25, 0.3) is 5.91 Å². The maximum atomic E-state index is 12.0. The number of carbonyl (C=O) groups excluding carboxylic acids is 2. The largest absolute Gasteiger partial charge is 0.462 e. The number of carbonyl (C=O) groups is 2. The highest BCUT2D eigenvalue weighted by Crippen LogP contribution is 2.21. The Morgan fingerprint density at radius 2 is 1.92 bits per heavy atom. The molecule has 1 amide bonds. The lowest BCUT2D eigenvalue weighted by Gasteiger charge is -2.11. The van der Waals surface area contributed by atoms with E-state index in [0.29, 0.717) is 35.8 Å². The van der Waals surface area contributed by atoms with E-state index in [-0.39, 0.29) is 11.9 Å². The van der Waals surface area contributed by atoms with Crippen LogP contribution in [0.2, 0.25) is 0 Å². The Kier molecular flexibility index (Phi) is 6.31. The van der Waals surface area contributed by atoms with Gasteiger partial charge in [-0.15, -0.1) is 0 Å². The monoisotopic (exact) mass is 327 g/mol. The molecule has 0 unspecified atom stereocenters. The molecular weight excluding hydrogens is 306 g/mol. The molecule has 24 heavy (non-hydrogen) atoms. The molecule has 0 aliphatic carbocycles. The molecule has 0 fully saturated rings. The lowest BCUT2D eigenvalue weighted by molar-refractivity contribution is 0.0527. The number of esters is 1. The predicted octanol–water partition coefficient (Wildman–Crippen LogP) is 3.14. The van der Waals surface area contributed by atoms with Gasteiger partial charge in [0.15, 0.2) is 0 Å². The van der Waals surface area contributed by atoms with Gasteiger partial charge in [-0.3, -0.25) is 4.79 Å². The van der Waals surface area contributed by atoms with Gasteiger partial charge in [0.2, 0.25) is 0 Å². The summed E-state index contributed by atoms with van der Waals surface area (Å²) in [7, 11) is 0. The summed E-state index contributed by atoms with van der Waals surface area (Å²) in [5, 5.41) is 5.90. The van der Waals surface area contributed by atoms with Gasteiger partial charge < -0.3 is 15.4 Å². The molecule has 0 saturated carbocycles. The van der Waals surface area contributed by atoms with Gasteiger partial charge in [-0.2, -0.15) is 0 Å². The average molecular weight is 327 g/mol. The number of pyridine rings is 1. The van der Waals surface area contributed by atoms with Gasteiger partial charge in [-0.1, -0.05) is 19.1 Å². The molecule has 0 radical (unpaired) electrons. The van der Waals surface area contributed by atoms with E-state index < -0.39 is 0 Å². The third kappa shape index (κ3) is 4.55. The molecule has 0 saturated heterocycles. The van der Waals surface area contributed by atoms with Crippen molar-refractivity contribution < 1.29 is 14.3 Å². The van der Waals surface area contributed by atoms with Crippen molar-refractivity contribution in [3.63, 3.8) is 0 Å². The van der Waals surface area contributed by atoms with E-state index in [1.165, 1.54) is 0 Å². The molecule has 2 aromatic rings. The van der Waals surface area contributed by atoms with Gasteiger partial charge in [-0.05, 0) is 37.6 Å². The predicted molar refractivity (Wildman–Crippen MR) is 92.5 cm³/mol. The molecule has 2 rings (SSSR count). The minimum Gasteiger partial charge on any atom is -0.462 e.